The average Bonchev–Trinajstić information content (AvgIpc) is 2.36. The molecule has 19 heavy (non-hydrogen) atoms. The summed E-state index contributed by atoms with van der Waals surface area (Å²) in [5, 5.41) is 10.7. The van der Waals surface area contributed by atoms with Crippen molar-refractivity contribution in [3.63, 3.8) is 0 Å². The molecule has 0 atom stereocenters. The minimum Gasteiger partial charge on any atom is -0.489 e. The number of rotatable bonds is 6. The third-order valence-electron chi connectivity index (χ3n) is 2.33. The van der Waals surface area contributed by atoms with E-state index >= 15 is 0 Å². The topological polar surface area (TPSA) is 78.7 Å². The predicted octanol–water partition coefficient (Wildman–Crippen LogP) is 2.40. The van der Waals surface area contributed by atoms with Gasteiger partial charge < -0.3 is 9.47 Å². The lowest BCUT2D eigenvalue weighted by Crippen LogP contribution is -2.02. The summed E-state index contributed by atoms with van der Waals surface area (Å²) in [5.74, 6) is -0.0235. The highest BCUT2D eigenvalue weighted by atomic mass is 16.6. The van der Waals surface area contributed by atoms with Gasteiger partial charge in [0.15, 0.2) is 0 Å². The van der Waals surface area contributed by atoms with Crippen molar-refractivity contribution in [3.8, 4) is 5.75 Å². The molecule has 6 heteroatoms. The van der Waals surface area contributed by atoms with Crippen molar-refractivity contribution >= 4 is 11.7 Å². The third-order valence-corrected chi connectivity index (χ3v) is 2.33. The van der Waals surface area contributed by atoms with E-state index in [1.165, 1.54) is 18.2 Å². The van der Waals surface area contributed by atoms with Crippen LogP contribution in [-0.2, 0) is 9.53 Å². The number of hydrogen-bond acceptors (Lipinski definition) is 5. The highest BCUT2D eigenvalue weighted by Gasteiger charge is 2.13. The zero-order chi connectivity index (χ0) is 14.3. The van der Waals surface area contributed by atoms with Gasteiger partial charge in [0, 0.05) is 12.1 Å². The molecule has 0 amide bonds. The van der Waals surface area contributed by atoms with Gasteiger partial charge in [-0.2, -0.15) is 0 Å². The Morgan fingerprint density at radius 1 is 1.47 bits per heavy atom. The van der Waals surface area contributed by atoms with Gasteiger partial charge in [-0.3, -0.25) is 10.1 Å². The van der Waals surface area contributed by atoms with Crippen molar-refractivity contribution in [2.24, 2.45) is 0 Å². The first-order valence-corrected chi connectivity index (χ1v) is 5.76. The summed E-state index contributed by atoms with van der Waals surface area (Å²) >= 11 is 0. The summed E-state index contributed by atoms with van der Waals surface area (Å²) < 4.78 is 10.1. The molecule has 6 nitrogen and oxygen atoms in total. The summed E-state index contributed by atoms with van der Waals surface area (Å²) in [6.07, 6.45) is 2.76. The first-order valence-electron chi connectivity index (χ1n) is 5.76. The Bertz CT molecular complexity index is 496. The van der Waals surface area contributed by atoms with E-state index in [-0.39, 0.29) is 12.3 Å². The summed E-state index contributed by atoms with van der Waals surface area (Å²) in [5.41, 5.74) is 0.462. The molecule has 0 aliphatic carbocycles. The number of nitro groups is 1. The highest BCUT2D eigenvalue weighted by molar-refractivity contribution is 5.81. The van der Waals surface area contributed by atoms with Crippen LogP contribution in [0.25, 0.3) is 0 Å². The molecule has 0 aliphatic rings. The lowest BCUT2D eigenvalue weighted by molar-refractivity contribution is -0.385. The van der Waals surface area contributed by atoms with E-state index in [2.05, 4.69) is 0 Å². The van der Waals surface area contributed by atoms with E-state index in [9.17, 15) is 14.9 Å². The molecule has 0 unspecified atom stereocenters. The molecule has 0 spiro atoms. The molecule has 0 bridgehead atoms. The van der Waals surface area contributed by atoms with Crippen LogP contribution in [0.15, 0.2) is 30.4 Å². The van der Waals surface area contributed by atoms with Crippen molar-refractivity contribution in [1.29, 1.82) is 0 Å². The van der Waals surface area contributed by atoms with Crippen LogP contribution in [0, 0.1) is 17.0 Å². The molecule has 0 aliphatic heterocycles. The Morgan fingerprint density at radius 2 is 2.21 bits per heavy atom. The SMILES string of the molecule is CCOC(=O)/C=C/COc1cccc([N+](=O)[O-])c1C. The molecular weight excluding hydrogens is 250 g/mol. The molecule has 0 aromatic heterocycles. The fourth-order valence-electron chi connectivity index (χ4n) is 1.43. The van der Waals surface area contributed by atoms with Crippen molar-refractivity contribution in [2.45, 2.75) is 13.8 Å². The Hall–Kier alpha value is -2.37. The highest BCUT2D eigenvalue weighted by Crippen LogP contribution is 2.26. The first-order chi connectivity index (χ1) is 9.06. The van der Waals surface area contributed by atoms with Crippen LogP contribution >= 0.6 is 0 Å². The van der Waals surface area contributed by atoms with Crippen LogP contribution < -0.4 is 4.74 Å². The quantitative estimate of drug-likeness (QED) is 0.341. The summed E-state index contributed by atoms with van der Waals surface area (Å²) in [6.45, 7) is 3.78. The molecule has 0 radical (unpaired) electrons. The minimum absolute atomic E-state index is 0.00636. The van der Waals surface area contributed by atoms with E-state index in [1.54, 1.807) is 26.0 Å². The van der Waals surface area contributed by atoms with Crippen LogP contribution in [0.1, 0.15) is 12.5 Å². The number of nitrogens with zero attached hydrogens (tertiary/aromatic N) is 1. The van der Waals surface area contributed by atoms with E-state index in [0.717, 1.165) is 0 Å². The van der Waals surface area contributed by atoms with Gasteiger partial charge in [0.05, 0.1) is 17.1 Å². The number of carbonyl (C=O) groups is 1. The van der Waals surface area contributed by atoms with Crippen LogP contribution in [0.2, 0.25) is 0 Å². The first kappa shape index (κ1) is 14.7. The molecule has 0 fully saturated rings. The van der Waals surface area contributed by atoms with Crippen molar-refractivity contribution < 1.29 is 19.2 Å². The average molecular weight is 265 g/mol. The largest absolute Gasteiger partial charge is 0.489 e. The lowest BCUT2D eigenvalue weighted by atomic mass is 10.2. The van der Waals surface area contributed by atoms with Gasteiger partial charge in [-0.1, -0.05) is 6.07 Å². The van der Waals surface area contributed by atoms with Gasteiger partial charge in [-0.25, -0.2) is 4.79 Å². The van der Waals surface area contributed by atoms with Crippen LogP contribution in [0.4, 0.5) is 5.69 Å². The fourth-order valence-corrected chi connectivity index (χ4v) is 1.43. The van der Waals surface area contributed by atoms with Crippen molar-refractivity contribution in [3.05, 3.63) is 46.0 Å². The van der Waals surface area contributed by atoms with Gasteiger partial charge in [0.25, 0.3) is 5.69 Å². The number of esters is 1. The molecule has 0 saturated carbocycles. The van der Waals surface area contributed by atoms with Gasteiger partial charge >= 0.3 is 5.97 Å². The molecular formula is C13H15NO5. The Labute approximate surface area is 110 Å². The second kappa shape index (κ2) is 7.15. The van der Waals surface area contributed by atoms with E-state index in [4.69, 9.17) is 9.47 Å². The number of carbonyl (C=O) groups excluding carboxylic acids is 1. The second-order valence-corrected chi connectivity index (χ2v) is 3.62. The van der Waals surface area contributed by atoms with Gasteiger partial charge in [-0.15, -0.1) is 0 Å². The fraction of sp³-hybridized carbons (Fsp3) is 0.308. The Kier molecular flexibility index (Phi) is 5.53. The van der Waals surface area contributed by atoms with E-state index in [0.29, 0.717) is 17.9 Å². The van der Waals surface area contributed by atoms with Gasteiger partial charge in [0.1, 0.15) is 12.4 Å². The molecule has 0 N–H and O–H groups in total. The van der Waals surface area contributed by atoms with Crippen molar-refractivity contribution in [2.75, 3.05) is 13.2 Å². The molecule has 1 rings (SSSR count). The maximum absolute atomic E-state index is 11.0. The van der Waals surface area contributed by atoms with E-state index in [1.807, 2.05) is 0 Å². The number of hydrogen-bond donors (Lipinski definition) is 0. The van der Waals surface area contributed by atoms with Crippen LogP contribution in [0.5, 0.6) is 5.75 Å². The molecule has 1 aromatic carbocycles. The second-order valence-electron chi connectivity index (χ2n) is 3.62. The standard InChI is InChI=1S/C13H15NO5/c1-3-18-13(15)8-5-9-19-12-7-4-6-11(10(12)2)14(16)17/h4-8H,3,9H2,1-2H3/b8-5+. The summed E-state index contributed by atoms with van der Waals surface area (Å²) in [6, 6.07) is 4.60. The number of nitro benzene ring substituents is 1. The van der Waals surface area contributed by atoms with Crippen LogP contribution in [-0.4, -0.2) is 24.1 Å². The number of ether oxygens (including phenoxy) is 2. The number of benzene rings is 1. The maximum Gasteiger partial charge on any atom is 0.330 e. The molecule has 1 aromatic rings. The van der Waals surface area contributed by atoms with E-state index < -0.39 is 10.9 Å². The normalized spacial score (nSPS) is 10.4. The smallest absolute Gasteiger partial charge is 0.330 e. The molecule has 102 valence electrons. The zero-order valence-electron chi connectivity index (χ0n) is 10.8. The minimum atomic E-state index is -0.462. The third kappa shape index (κ3) is 4.42. The summed E-state index contributed by atoms with van der Waals surface area (Å²) in [4.78, 5) is 21.3. The maximum atomic E-state index is 11.0. The monoisotopic (exact) mass is 265 g/mol. The Morgan fingerprint density at radius 3 is 2.84 bits per heavy atom. The zero-order valence-corrected chi connectivity index (χ0v) is 10.8. The predicted molar refractivity (Wildman–Crippen MR) is 69.1 cm³/mol. The van der Waals surface area contributed by atoms with Gasteiger partial charge in [0.2, 0.25) is 0 Å². The summed E-state index contributed by atoms with van der Waals surface area (Å²) in [7, 11) is 0. The van der Waals surface area contributed by atoms with Crippen LogP contribution in [0.3, 0.4) is 0 Å². The molecule has 0 heterocycles. The van der Waals surface area contributed by atoms with Gasteiger partial charge in [-0.05, 0) is 26.0 Å². The lowest BCUT2D eigenvalue weighted by Gasteiger charge is -2.06. The molecule has 0 saturated heterocycles. The Balaban J connectivity index is 2.61. The van der Waals surface area contributed by atoms with Crippen molar-refractivity contribution in [1.82, 2.24) is 0 Å².